The summed E-state index contributed by atoms with van der Waals surface area (Å²) in [5, 5.41) is 0. The minimum atomic E-state index is 0.0656. The third-order valence-corrected chi connectivity index (χ3v) is 3.74. The minimum absolute atomic E-state index is 0.0656. The number of amides is 2. The van der Waals surface area contributed by atoms with Crippen LogP contribution in [0.2, 0.25) is 0 Å². The van der Waals surface area contributed by atoms with E-state index in [4.69, 9.17) is 0 Å². The van der Waals surface area contributed by atoms with E-state index in [0.717, 1.165) is 30.6 Å². The summed E-state index contributed by atoms with van der Waals surface area (Å²) in [6.45, 7) is 6.63. The van der Waals surface area contributed by atoms with Crippen LogP contribution in [0.15, 0.2) is 24.3 Å². The lowest BCUT2D eigenvalue weighted by Gasteiger charge is -2.22. The highest BCUT2D eigenvalue weighted by Gasteiger charge is 2.21. The summed E-state index contributed by atoms with van der Waals surface area (Å²) in [4.78, 5) is 27.9. The van der Waals surface area contributed by atoms with Gasteiger partial charge in [0.05, 0.1) is 0 Å². The lowest BCUT2D eigenvalue weighted by molar-refractivity contribution is -0.130. The van der Waals surface area contributed by atoms with Crippen LogP contribution in [-0.4, -0.2) is 47.8 Å². The molecule has 0 radical (unpaired) electrons. The van der Waals surface area contributed by atoms with Gasteiger partial charge in [-0.2, -0.15) is 0 Å². The highest BCUT2D eigenvalue weighted by atomic mass is 16.2. The third kappa shape index (κ3) is 3.38. The quantitative estimate of drug-likeness (QED) is 0.828. The molecule has 0 bridgehead atoms. The number of nitrogens with zero attached hydrogens (tertiary/aromatic N) is 2. The van der Waals surface area contributed by atoms with Gasteiger partial charge < -0.3 is 9.80 Å². The van der Waals surface area contributed by atoms with Crippen LogP contribution in [0.25, 0.3) is 0 Å². The van der Waals surface area contributed by atoms with E-state index in [1.54, 1.807) is 0 Å². The summed E-state index contributed by atoms with van der Waals surface area (Å²) in [5.74, 6) is 0.241. The van der Waals surface area contributed by atoms with Gasteiger partial charge >= 0.3 is 0 Å². The predicted octanol–water partition coefficient (Wildman–Crippen LogP) is 2.08. The largest absolute Gasteiger partial charge is 0.341 e. The first-order chi connectivity index (χ1) is 9.61. The van der Waals surface area contributed by atoms with Crippen molar-refractivity contribution in [1.82, 2.24) is 9.80 Å². The van der Waals surface area contributed by atoms with E-state index in [9.17, 15) is 9.59 Å². The number of carbonyl (C=O) groups excluding carboxylic acids is 2. The Balaban J connectivity index is 2.01. The molecular formula is C16H22N2O2. The molecule has 108 valence electrons. The van der Waals surface area contributed by atoms with Crippen molar-refractivity contribution in [1.29, 1.82) is 0 Å². The van der Waals surface area contributed by atoms with Crippen molar-refractivity contribution >= 4 is 11.8 Å². The molecule has 0 atom stereocenters. The highest BCUT2D eigenvalue weighted by molar-refractivity contribution is 5.94. The van der Waals surface area contributed by atoms with E-state index < -0.39 is 0 Å². The van der Waals surface area contributed by atoms with Crippen LogP contribution >= 0.6 is 0 Å². The van der Waals surface area contributed by atoms with Crippen LogP contribution in [0, 0.1) is 6.92 Å². The van der Waals surface area contributed by atoms with Gasteiger partial charge in [-0.1, -0.05) is 24.6 Å². The maximum atomic E-state index is 12.4. The van der Waals surface area contributed by atoms with Crippen molar-refractivity contribution in [3.8, 4) is 0 Å². The second kappa shape index (κ2) is 6.55. The van der Waals surface area contributed by atoms with Gasteiger partial charge in [0.1, 0.15) is 0 Å². The van der Waals surface area contributed by atoms with Crippen molar-refractivity contribution < 1.29 is 9.59 Å². The maximum Gasteiger partial charge on any atom is 0.253 e. The van der Waals surface area contributed by atoms with Gasteiger partial charge in [-0.3, -0.25) is 9.59 Å². The third-order valence-electron chi connectivity index (χ3n) is 3.74. The fourth-order valence-electron chi connectivity index (χ4n) is 2.47. The number of hydrogen-bond acceptors (Lipinski definition) is 2. The highest BCUT2D eigenvalue weighted by Crippen LogP contribution is 2.11. The van der Waals surface area contributed by atoms with Gasteiger partial charge in [-0.05, 0) is 25.5 Å². The Morgan fingerprint density at radius 3 is 2.25 bits per heavy atom. The average Bonchev–Trinajstić information content (AvgIpc) is 2.72. The Hall–Kier alpha value is -1.84. The average molecular weight is 274 g/mol. The van der Waals surface area contributed by atoms with E-state index in [1.807, 2.05) is 47.9 Å². The summed E-state index contributed by atoms with van der Waals surface area (Å²) in [6.07, 6.45) is 1.38. The van der Waals surface area contributed by atoms with Gasteiger partial charge in [-0.15, -0.1) is 0 Å². The molecule has 0 aliphatic carbocycles. The second-order valence-corrected chi connectivity index (χ2v) is 5.25. The molecule has 20 heavy (non-hydrogen) atoms. The smallest absolute Gasteiger partial charge is 0.253 e. The standard InChI is InChI=1S/C16H22N2O2/c1-3-15(19)17-9-4-10-18(12-11-17)16(20)14-7-5-13(2)6-8-14/h5-8H,3-4,9-12H2,1-2H3. The van der Waals surface area contributed by atoms with Crippen molar-refractivity contribution in [3.05, 3.63) is 35.4 Å². The molecule has 0 saturated carbocycles. The Labute approximate surface area is 120 Å². The molecule has 4 nitrogen and oxygen atoms in total. The first kappa shape index (κ1) is 14.6. The molecular weight excluding hydrogens is 252 g/mol. The lowest BCUT2D eigenvalue weighted by Crippen LogP contribution is -2.37. The van der Waals surface area contributed by atoms with Gasteiger partial charge in [0.15, 0.2) is 0 Å². The first-order valence-corrected chi connectivity index (χ1v) is 7.25. The van der Waals surface area contributed by atoms with Crippen LogP contribution < -0.4 is 0 Å². The second-order valence-electron chi connectivity index (χ2n) is 5.25. The zero-order valence-corrected chi connectivity index (χ0v) is 12.3. The number of rotatable bonds is 2. The van der Waals surface area contributed by atoms with Gasteiger partial charge in [0.2, 0.25) is 5.91 Å². The van der Waals surface area contributed by atoms with Crippen LogP contribution in [0.4, 0.5) is 0 Å². The normalized spacial score (nSPS) is 15.9. The van der Waals surface area contributed by atoms with E-state index >= 15 is 0 Å². The molecule has 1 aromatic rings. The molecule has 1 heterocycles. The van der Waals surface area contributed by atoms with Crippen molar-refractivity contribution in [3.63, 3.8) is 0 Å². The molecule has 1 aliphatic rings. The lowest BCUT2D eigenvalue weighted by atomic mass is 10.1. The molecule has 4 heteroatoms. The van der Waals surface area contributed by atoms with Crippen LogP contribution in [0.3, 0.4) is 0 Å². The molecule has 0 spiro atoms. The molecule has 2 rings (SSSR count). The maximum absolute atomic E-state index is 12.4. The van der Waals surface area contributed by atoms with E-state index in [0.29, 0.717) is 19.5 Å². The number of aryl methyl sites for hydroxylation is 1. The minimum Gasteiger partial charge on any atom is -0.341 e. The fraction of sp³-hybridized carbons (Fsp3) is 0.500. The summed E-state index contributed by atoms with van der Waals surface area (Å²) in [5.41, 5.74) is 1.88. The summed E-state index contributed by atoms with van der Waals surface area (Å²) in [6, 6.07) is 7.66. The van der Waals surface area contributed by atoms with Crippen LogP contribution in [-0.2, 0) is 4.79 Å². The topological polar surface area (TPSA) is 40.6 Å². The molecule has 1 fully saturated rings. The summed E-state index contributed by atoms with van der Waals surface area (Å²) < 4.78 is 0. The van der Waals surface area contributed by atoms with E-state index in [-0.39, 0.29) is 11.8 Å². The molecule has 2 amide bonds. The Morgan fingerprint density at radius 2 is 1.60 bits per heavy atom. The number of carbonyl (C=O) groups is 2. The monoisotopic (exact) mass is 274 g/mol. The van der Waals surface area contributed by atoms with Gasteiger partial charge in [-0.25, -0.2) is 0 Å². The zero-order valence-electron chi connectivity index (χ0n) is 12.3. The fourth-order valence-corrected chi connectivity index (χ4v) is 2.47. The Morgan fingerprint density at radius 1 is 1.00 bits per heavy atom. The van der Waals surface area contributed by atoms with Crippen molar-refractivity contribution in [2.45, 2.75) is 26.7 Å². The van der Waals surface area contributed by atoms with Crippen LogP contribution in [0.5, 0.6) is 0 Å². The van der Waals surface area contributed by atoms with E-state index in [1.165, 1.54) is 0 Å². The summed E-state index contributed by atoms with van der Waals surface area (Å²) in [7, 11) is 0. The number of benzene rings is 1. The molecule has 0 unspecified atom stereocenters. The van der Waals surface area contributed by atoms with Crippen molar-refractivity contribution in [2.24, 2.45) is 0 Å². The molecule has 1 saturated heterocycles. The van der Waals surface area contributed by atoms with E-state index in [2.05, 4.69) is 0 Å². The first-order valence-electron chi connectivity index (χ1n) is 7.25. The van der Waals surface area contributed by atoms with Crippen molar-refractivity contribution in [2.75, 3.05) is 26.2 Å². The molecule has 0 N–H and O–H groups in total. The molecule has 0 aromatic heterocycles. The Kier molecular flexibility index (Phi) is 4.77. The van der Waals surface area contributed by atoms with Gasteiger partial charge in [0.25, 0.3) is 5.91 Å². The molecule has 1 aromatic carbocycles. The number of hydrogen-bond donors (Lipinski definition) is 0. The zero-order chi connectivity index (χ0) is 14.5. The molecule has 1 aliphatic heterocycles. The van der Waals surface area contributed by atoms with Crippen LogP contribution in [0.1, 0.15) is 35.7 Å². The van der Waals surface area contributed by atoms with Gasteiger partial charge in [0, 0.05) is 38.2 Å². The SMILES string of the molecule is CCC(=O)N1CCCN(C(=O)c2ccc(C)cc2)CC1. The Bertz CT molecular complexity index is 482. The predicted molar refractivity (Wildman–Crippen MR) is 78.6 cm³/mol. The summed E-state index contributed by atoms with van der Waals surface area (Å²) >= 11 is 0.